The third-order valence-corrected chi connectivity index (χ3v) is 2.45. The first kappa shape index (κ1) is 12.3. The summed E-state index contributed by atoms with van der Waals surface area (Å²) in [5.74, 6) is -0.351. The quantitative estimate of drug-likeness (QED) is 0.731. The van der Waals surface area contributed by atoms with Crippen LogP contribution < -0.4 is 0 Å². The van der Waals surface area contributed by atoms with Gasteiger partial charge in [-0.15, -0.1) is 0 Å². The third-order valence-electron chi connectivity index (χ3n) is 2.45. The molecule has 3 nitrogen and oxygen atoms in total. The van der Waals surface area contributed by atoms with Gasteiger partial charge in [0.15, 0.2) is 0 Å². The number of ether oxygens (including phenoxy) is 1. The van der Waals surface area contributed by atoms with Gasteiger partial charge in [-0.2, -0.15) is 5.26 Å². The Morgan fingerprint density at radius 2 is 2.12 bits per heavy atom. The molecule has 3 heteroatoms. The van der Waals surface area contributed by atoms with Gasteiger partial charge in [0.25, 0.3) is 0 Å². The SMILES string of the molecule is CCOC(=O)c1cc(C#N)c(C)cc1CC. The van der Waals surface area contributed by atoms with E-state index in [9.17, 15) is 4.79 Å². The molecule has 0 aliphatic heterocycles. The minimum absolute atomic E-state index is 0.345. The van der Waals surface area contributed by atoms with Crippen molar-refractivity contribution in [1.82, 2.24) is 0 Å². The van der Waals surface area contributed by atoms with Crippen LogP contribution in [0.2, 0.25) is 0 Å². The second kappa shape index (κ2) is 5.32. The Kier molecular flexibility index (Phi) is 4.07. The van der Waals surface area contributed by atoms with Crippen molar-refractivity contribution in [2.45, 2.75) is 27.2 Å². The zero-order valence-corrected chi connectivity index (χ0v) is 9.83. The van der Waals surface area contributed by atoms with Crippen molar-refractivity contribution in [2.75, 3.05) is 6.61 Å². The summed E-state index contributed by atoms with van der Waals surface area (Å²) in [6.45, 7) is 5.96. The summed E-state index contributed by atoms with van der Waals surface area (Å²) in [6.07, 6.45) is 0.751. The summed E-state index contributed by atoms with van der Waals surface area (Å²) in [4.78, 5) is 11.7. The van der Waals surface area contributed by atoms with E-state index in [1.807, 2.05) is 19.9 Å². The molecular formula is C13H15NO2. The lowest BCUT2D eigenvalue weighted by Gasteiger charge is -2.09. The molecule has 0 saturated carbocycles. The average Bonchev–Trinajstić information content (AvgIpc) is 2.28. The monoisotopic (exact) mass is 217 g/mol. The maximum Gasteiger partial charge on any atom is 0.338 e. The maximum absolute atomic E-state index is 11.7. The summed E-state index contributed by atoms with van der Waals surface area (Å²) in [7, 11) is 0. The maximum atomic E-state index is 11.7. The molecule has 0 aliphatic carbocycles. The van der Waals surface area contributed by atoms with E-state index >= 15 is 0 Å². The van der Waals surface area contributed by atoms with Crippen molar-refractivity contribution < 1.29 is 9.53 Å². The number of nitriles is 1. The van der Waals surface area contributed by atoms with Crippen LogP contribution in [0.3, 0.4) is 0 Å². The summed E-state index contributed by atoms with van der Waals surface area (Å²) in [5, 5.41) is 8.92. The molecular weight excluding hydrogens is 202 g/mol. The fourth-order valence-electron chi connectivity index (χ4n) is 1.58. The normalized spacial score (nSPS) is 9.62. The minimum Gasteiger partial charge on any atom is -0.462 e. The van der Waals surface area contributed by atoms with E-state index in [0.717, 1.165) is 17.5 Å². The summed E-state index contributed by atoms with van der Waals surface area (Å²) in [5.41, 5.74) is 2.86. The van der Waals surface area contributed by atoms with Crippen LogP contribution in [0.25, 0.3) is 0 Å². The van der Waals surface area contributed by atoms with Crippen molar-refractivity contribution >= 4 is 5.97 Å². The van der Waals surface area contributed by atoms with Gasteiger partial charge in [-0.1, -0.05) is 13.0 Å². The fourth-order valence-corrected chi connectivity index (χ4v) is 1.58. The van der Waals surface area contributed by atoms with Crippen LogP contribution in [0.15, 0.2) is 12.1 Å². The molecule has 0 bridgehead atoms. The molecule has 0 atom stereocenters. The van der Waals surface area contributed by atoms with E-state index in [4.69, 9.17) is 10.00 Å². The molecule has 0 N–H and O–H groups in total. The first-order chi connectivity index (χ1) is 7.63. The lowest BCUT2D eigenvalue weighted by Crippen LogP contribution is -2.09. The van der Waals surface area contributed by atoms with Gasteiger partial charge in [0.05, 0.1) is 23.8 Å². The Bertz CT molecular complexity index is 444. The molecule has 0 unspecified atom stereocenters. The van der Waals surface area contributed by atoms with Gasteiger partial charge in [0, 0.05) is 0 Å². The van der Waals surface area contributed by atoms with Crippen LogP contribution in [0.4, 0.5) is 0 Å². The minimum atomic E-state index is -0.351. The Morgan fingerprint density at radius 3 is 2.62 bits per heavy atom. The topological polar surface area (TPSA) is 50.1 Å². The second-order valence-electron chi connectivity index (χ2n) is 3.51. The molecule has 84 valence electrons. The van der Waals surface area contributed by atoms with Crippen LogP contribution in [0, 0.1) is 18.3 Å². The van der Waals surface area contributed by atoms with Gasteiger partial charge in [-0.3, -0.25) is 0 Å². The Labute approximate surface area is 95.7 Å². The molecule has 0 amide bonds. The molecule has 0 aromatic heterocycles. The molecule has 0 fully saturated rings. The standard InChI is InChI=1S/C13H15NO2/c1-4-10-6-9(3)11(8-14)7-12(10)13(15)16-5-2/h6-7H,4-5H2,1-3H3. The van der Waals surface area contributed by atoms with E-state index in [-0.39, 0.29) is 5.97 Å². The lowest BCUT2D eigenvalue weighted by molar-refractivity contribution is 0.0525. The van der Waals surface area contributed by atoms with Gasteiger partial charge < -0.3 is 4.74 Å². The number of hydrogen-bond donors (Lipinski definition) is 0. The zero-order chi connectivity index (χ0) is 12.1. The van der Waals surface area contributed by atoms with Crippen LogP contribution in [-0.4, -0.2) is 12.6 Å². The average molecular weight is 217 g/mol. The van der Waals surface area contributed by atoms with E-state index in [1.165, 1.54) is 0 Å². The number of hydrogen-bond acceptors (Lipinski definition) is 3. The number of nitrogens with zero attached hydrogens (tertiary/aromatic N) is 1. The molecule has 0 saturated heterocycles. The van der Waals surface area contributed by atoms with Crippen LogP contribution >= 0.6 is 0 Å². The smallest absolute Gasteiger partial charge is 0.338 e. The molecule has 0 radical (unpaired) electrons. The van der Waals surface area contributed by atoms with Crippen LogP contribution in [0.1, 0.15) is 40.9 Å². The second-order valence-corrected chi connectivity index (χ2v) is 3.51. The number of carbonyl (C=O) groups is 1. The molecule has 16 heavy (non-hydrogen) atoms. The number of rotatable bonds is 3. The van der Waals surface area contributed by atoms with Crippen molar-refractivity contribution in [2.24, 2.45) is 0 Å². The fraction of sp³-hybridized carbons (Fsp3) is 0.385. The molecule has 0 heterocycles. The molecule has 1 aromatic rings. The number of aryl methyl sites for hydroxylation is 2. The highest BCUT2D eigenvalue weighted by atomic mass is 16.5. The zero-order valence-electron chi connectivity index (χ0n) is 9.83. The largest absolute Gasteiger partial charge is 0.462 e. The molecule has 1 aromatic carbocycles. The van der Waals surface area contributed by atoms with E-state index in [2.05, 4.69) is 6.07 Å². The summed E-state index contributed by atoms with van der Waals surface area (Å²) >= 11 is 0. The van der Waals surface area contributed by atoms with Gasteiger partial charge in [-0.05, 0) is 37.5 Å². The predicted molar refractivity (Wildman–Crippen MR) is 61.2 cm³/mol. The van der Waals surface area contributed by atoms with Gasteiger partial charge in [0.2, 0.25) is 0 Å². The number of benzene rings is 1. The van der Waals surface area contributed by atoms with E-state index < -0.39 is 0 Å². The Hall–Kier alpha value is -1.82. The van der Waals surface area contributed by atoms with Crippen LogP contribution in [0.5, 0.6) is 0 Å². The van der Waals surface area contributed by atoms with Gasteiger partial charge in [-0.25, -0.2) is 4.79 Å². The first-order valence-corrected chi connectivity index (χ1v) is 5.34. The van der Waals surface area contributed by atoms with Crippen molar-refractivity contribution in [1.29, 1.82) is 5.26 Å². The lowest BCUT2D eigenvalue weighted by atomic mass is 9.98. The highest BCUT2D eigenvalue weighted by molar-refractivity contribution is 5.91. The number of esters is 1. The predicted octanol–water partition coefficient (Wildman–Crippen LogP) is 2.61. The van der Waals surface area contributed by atoms with E-state index in [0.29, 0.717) is 17.7 Å². The Balaban J connectivity index is 3.26. The molecule has 0 aliphatic rings. The summed E-state index contributed by atoms with van der Waals surface area (Å²) < 4.78 is 4.96. The van der Waals surface area contributed by atoms with Crippen molar-refractivity contribution in [3.63, 3.8) is 0 Å². The number of carbonyl (C=O) groups excluding carboxylic acids is 1. The van der Waals surface area contributed by atoms with Crippen molar-refractivity contribution in [3.05, 3.63) is 34.4 Å². The summed E-state index contributed by atoms with van der Waals surface area (Å²) in [6, 6.07) is 5.57. The van der Waals surface area contributed by atoms with Gasteiger partial charge in [0.1, 0.15) is 0 Å². The van der Waals surface area contributed by atoms with Gasteiger partial charge >= 0.3 is 5.97 Å². The van der Waals surface area contributed by atoms with Crippen LogP contribution in [-0.2, 0) is 11.2 Å². The molecule has 0 spiro atoms. The first-order valence-electron chi connectivity index (χ1n) is 5.34. The highest BCUT2D eigenvalue weighted by Gasteiger charge is 2.13. The molecule has 1 rings (SSSR count). The third kappa shape index (κ3) is 2.40. The highest BCUT2D eigenvalue weighted by Crippen LogP contribution is 2.17. The van der Waals surface area contributed by atoms with Crippen molar-refractivity contribution in [3.8, 4) is 6.07 Å². The van der Waals surface area contributed by atoms with E-state index in [1.54, 1.807) is 13.0 Å². The Morgan fingerprint density at radius 1 is 1.44 bits per heavy atom.